The van der Waals surface area contributed by atoms with Crippen LogP contribution in [-0.4, -0.2) is 15.8 Å². The molecule has 0 aliphatic carbocycles. The molecule has 3 nitrogen and oxygen atoms in total. The Morgan fingerprint density at radius 2 is 2.00 bits per heavy atom. The third-order valence-electron chi connectivity index (χ3n) is 3.22. The third kappa shape index (κ3) is 4.39. The van der Waals surface area contributed by atoms with Crippen molar-refractivity contribution in [1.29, 1.82) is 0 Å². The van der Waals surface area contributed by atoms with Crippen molar-refractivity contribution in [2.45, 2.75) is 59.4 Å². The van der Waals surface area contributed by atoms with Gasteiger partial charge < -0.3 is 5.73 Å². The summed E-state index contributed by atoms with van der Waals surface area (Å²) in [6, 6.07) is 0.209. The van der Waals surface area contributed by atoms with Crippen molar-refractivity contribution in [2.24, 2.45) is 18.2 Å². The smallest absolute Gasteiger partial charge is 0.0766 e. The van der Waals surface area contributed by atoms with Crippen LogP contribution >= 0.6 is 15.9 Å². The minimum absolute atomic E-state index is 0.209. The first-order valence-electron chi connectivity index (χ1n) is 6.70. The second-order valence-corrected chi connectivity index (χ2v) is 7.04. The van der Waals surface area contributed by atoms with Crippen LogP contribution in [0.5, 0.6) is 0 Å². The first-order valence-corrected chi connectivity index (χ1v) is 7.49. The predicted molar refractivity (Wildman–Crippen MR) is 80.7 cm³/mol. The van der Waals surface area contributed by atoms with Gasteiger partial charge in [-0.1, -0.05) is 27.7 Å². The van der Waals surface area contributed by atoms with E-state index in [0.29, 0.717) is 5.41 Å². The Labute approximate surface area is 119 Å². The molecule has 1 atom stereocenters. The van der Waals surface area contributed by atoms with E-state index in [1.165, 1.54) is 5.69 Å². The topological polar surface area (TPSA) is 43.8 Å². The molecule has 1 aromatic rings. The number of aromatic nitrogens is 2. The molecule has 0 spiro atoms. The van der Waals surface area contributed by atoms with Gasteiger partial charge in [0.15, 0.2) is 0 Å². The number of halogens is 1. The van der Waals surface area contributed by atoms with E-state index in [-0.39, 0.29) is 6.04 Å². The van der Waals surface area contributed by atoms with E-state index in [1.807, 2.05) is 11.7 Å². The Kier molecular flexibility index (Phi) is 5.41. The van der Waals surface area contributed by atoms with Gasteiger partial charge in [-0.05, 0) is 40.6 Å². The van der Waals surface area contributed by atoms with Gasteiger partial charge >= 0.3 is 0 Å². The molecular weight excluding hydrogens is 290 g/mol. The Morgan fingerprint density at radius 1 is 1.39 bits per heavy atom. The number of nitrogens with two attached hydrogens (primary N) is 1. The molecule has 2 N–H and O–H groups in total. The lowest BCUT2D eigenvalue weighted by molar-refractivity contribution is 0.346. The summed E-state index contributed by atoms with van der Waals surface area (Å²) < 4.78 is 3.10. The maximum absolute atomic E-state index is 6.24. The summed E-state index contributed by atoms with van der Waals surface area (Å²) in [5.41, 5.74) is 8.93. The maximum Gasteiger partial charge on any atom is 0.0766 e. The second kappa shape index (κ2) is 6.20. The lowest BCUT2D eigenvalue weighted by atomic mass is 9.88. The third-order valence-corrected chi connectivity index (χ3v) is 4.14. The van der Waals surface area contributed by atoms with Crippen molar-refractivity contribution in [2.75, 3.05) is 0 Å². The monoisotopic (exact) mass is 315 g/mol. The summed E-state index contributed by atoms with van der Waals surface area (Å²) in [7, 11) is 2.00. The van der Waals surface area contributed by atoms with E-state index in [1.54, 1.807) is 0 Å². The minimum atomic E-state index is 0.209. The zero-order valence-electron chi connectivity index (χ0n) is 12.3. The van der Waals surface area contributed by atoms with Gasteiger partial charge in [0.2, 0.25) is 0 Å². The fraction of sp³-hybridized carbons (Fsp3) is 0.786. The molecule has 0 saturated carbocycles. The van der Waals surface area contributed by atoms with Crippen molar-refractivity contribution in [3.05, 3.63) is 15.9 Å². The van der Waals surface area contributed by atoms with Crippen LogP contribution in [0.3, 0.4) is 0 Å². The highest BCUT2D eigenvalue weighted by Crippen LogP contribution is 2.25. The number of nitrogens with zero attached hydrogens (tertiary/aromatic N) is 2. The van der Waals surface area contributed by atoms with Gasteiger partial charge in [0, 0.05) is 19.5 Å². The average molecular weight is 316 g/mol. The zero-order chi connectivity index (χ0) is 13.9. The molecule has 0 bridgehead atoms. The van der Waals surface area contributed by atoms with Crippen LogP contribution in [0.25, 0.3) is 0 Å². The van der Waals surface area contributed by atoms with Gasteiger partial charge in [-0.2, -0.15) is 5.10 Å². The van der Waals surface area contributed by atoms with Gasteiger partial charge in [-0.3, -0.25) is 4.68 Å². The molecule has 1 rings (SSSR count). The molecule has 1 unspecified atom stereocenters. The molecule has 4 heteroatoms. The lowest BCUT2D eigenvalue weighted by Crippen LogP contribution is -2.26. The molecule has 18 heavy (non-hydrogen) atoms. The van der Waals surface area contributed by atoms with E-state index < -0.39 is 0 Å². The van der Waals surface area contributed by atoms with Crippen LogP contribution in [0.2, 0.25) is 0 Å². The molecule has 0 saturated heterocycles. The standard InChI is InChI=1S/C14H26BrN3/c1-6-11-13(15)12(18(5)17-11)9-10(16)7-8-14(2,3)4/h10H,6-9,16H2,1-5H3. The highest BCUT2D eigenvalue weighted by atomic mass is 79.9. The fourth-order valence-corrected chi connectivity index (χ4v) is 2.79. The molecule has 0 aliphatic rings. The van der Waals surface area contributed by atoms with Crippen molar-refractivity contribution in [3.63, 3.8) is 0 Å². The molecule has 1 aromatic heterocycles. The zero-order valence-corrected chi connectivity index (χ0v) is 13.8. The van der Waals surface area contributed by atoms with Crippen molar-refractivity contribution in [1.82, 2.24) is 9.78 Å². The van der Waals surface area contributed by atoms with Crippen LogP contribution in [-0.2, 0) is 19.9 Å². The summed E-state index contributed by atoms with van der Waals surface area (Å²) in [5, 5.41) is 4.50. The normalized spacial score (nSPS) is 13.9. The van der Waals surface area contributed by atoms with Crippen molar-refractivity contribution in [3.8, 4) is 0 Å². The van der Waals surface area contributed by atoms with Crippen LogP contribution < -0.4 is 5.73 Å². The maximum atomic E-state index is 6.24. The molecule has 104 valence electrons. The van der Waals surface area contributed by atoms with E-state index in [0.717, 1.165) is 35.8 Å². The SMILES string of the molecule is CCc1nn(C)c(CC(N)CCC(C)(C)C)c1Br. The molecule has 1 heterocycles. The summed E-state index contributed by atoms with van der Waals surface area (Å²) >= 11 is 3.64. The second-order valence-electron chi connectivity index (χ2n) is 6.25. The highest BCUT2D eigenvalue weighted by molar-refractivity contribution is 9.10. The Hall–Kier alpha value is -0.350. The number of hydrogen-bond acceptors (Lipinski definition) is 2. The molecule has 0 aromatic carbocycles. The first kappa shape index (κ1) is 15.7. The molecular formula is C14H26BrN3. The summed E-state index contributed by atoms with van der Waals surface area (Å²) in [6.45, 7) is 8.90. The van der Waals surface area contributed by atoms with Gasteiger partial charge in [0.25, 0.3) is 0 Å². The fourth-order valence-electron chi connectivity index (χ4n) is 2.01. The van der Waals surface area contributed by atoms with Crippen molar-refractivity contribution >= 4 is 15.9 Å². The predicted octanol–water partition coefficient (Wildman–Crippen LogP) is 3.44. The van der Waals surface area contributed by atoms with E-state index in [9.17, 15) is 0 Å². The van der Waals surface area contributed by atoms with Crippen molar-refractivity contribution < 1.29 is 0 Å². The highest BCUT2D eigenvalue weighted by Gasteiger charge is 2.17. The van der Waals surface area contributed by atoms with Gasteiger partial charge in [-0.15, -0.1) is 0 Å². The molecule has 0 fully saturated rings. The van der Waals surface area contributed by atoms with Gasteiger partial charge in [-0.25, -0.2) is 0 Å². The van der Waals surface area contributed by atoms with Crippen LogP contribution in [0.4, 0.5) is 0 Å². The molecule has 0 radical (unpaired) electrons. The Bertz CT molecular complexity index is 390. The summed E-state index contributed by atoms with van der Waals surface area (Å²) in [4.78, 5) is 0. The first-order chi connectivity index (χ1) is 8.24. The Morgan fingerprint density at radius 3 is 2.44 bits per heavy atom. The largest absolute Gasteiger partial charge is 0.327 e. The van der Waals surface area contributed by atoms with E-state index in [2.05, 4.69) is 48.7 Å². The van der Waals surface area contributed by atoms with Gasteiger partial charge in [0.1, 0.15) is 0 Å². The van der Waals surface area contributed by atoms with Crippen LogP contribution in [0.1, 0.15) is 51.9 Å². The molecule has 0 amide bonds. The Balaban J connectivity index is 2.64. The van der Waals surface area contributed by atoms with E-state index >= 15 is 0 Å². The molecule has 0 aliphatic heterocycles. The van der Waals surface area contributed by atoms with E-state index in [4.69, 9.17) is 5.73 Å². The summed E-state index contributed by atoms with van der Waals surface area (Å²) in [6.07, 6.45) is 4.05. The minimum Gasteiger partial charge on any atom is -0.327 e. The number of rotatable bonds is 5. The number of aryl methyl sites for hydroxylation is 2. The average Bonchev–Trinajstić information content (AvgIpc) is 2.53. The summed E-state index contributed by atoms with van der Waals surface area (Å²) in [5.74, 6) is 0. The number of hydrogen-bond donors (Lipinski definition) is 1. The van der Waals surface area contributed by atoms with Crippen LogP contribution in [0, 0.1) is 5.41 Å². The van der Waals surface area contributed by atoms with Gasteiger partial charge in [0.05, 0.1) is 15.9 Å². The quantitative estimate of drug-likeness (QED) is 0.904. The lowest BCUT2D eigenvalue weighted by Gasteiger charge is -2.21. The van der Waals surface area contributed by atoms with Crippen LogP contribution in [0.15, 0.2) is 4.47 Å².